The molecule has 0 heterocycles. The van der Waals surface area contributed by atoms with Crippen molar-refractivity contribution in [3.8, 4) is 0 Å². The third kappa shape index (κ3) is 5.46. The molecule has 0 saturated heterocycles. The van der Waals surface area contributed by atoms with Crippen LogP contribution in [0.1, 0.15) is 54.2 Å². The number of benzene rings is 3. The fraction of sp³-hybridized carbons (Fsp3) is 0.333. The minimum atomic E-state index is -2.61. The van der Waals surface area contributed by atoms with Gasteiger partial charge < -0.3 is 4.80 Å². The van der Waals surface area contributed by atoms with E-state index >= 15 is 0 Å². The van der Waals surface area contributed by atoms with Crippen molar-refractivity contribution >= 4 is 8.32 Å². The molecule has 0 amide bonds. The monoisotopic (exact) mass is 402 g/mol. The maximum absolute atomic E-state index is 12.2. The first-order valence-electron chi connectivity index (χ1n) is 11.0. The maximum atomic E-state index is 12.2. The molecule has 0 aromatic heterocycles. The Morgan fingerprint density at radius 3 is 0.966 bits per heavy atom. The van der Waals surface area contributed by atoms with E-state index in [1.54, 1.807) is 0 Å². The lowest BCUT2D eigenvalue weighted by Gasteiger charge is -2.28. The van der Waals surface area contributed by atoms with Gasteiger partial charge in [0.2, 0.25) is 8.32 Å². The molecule has 0 aliphatic heterocycles. The van der Waals surface area contributed by atoms with Crippen LogP contribution in [0.5, 0.6) is 0 Å². The zero-order valence-corrected chi connectivity index (χ0v) is 19.1. The van der Waals surface area contributed by atoms with Crippen LogP contribution < -0.4 is 0 Å². The quantitative estimate of drug-likeness (QED) is 0.438. The van der Waals surface area contributed by atoms with Gasteiger partial charge in [0.25, 0.3) is 0 Å². The summed E-state index contributed by atoms with van der Waals surface area (Å²) in [6, 6.07) is 28.4. The van der Waals surface area contributed by atoms with Crippen LogP contribution in [-0.4, -0.2) is 13.1 Å². The predicted molar refractivity (Wildman–Crippen MR) is 127 cm³/mol. The summed E-state index contributed by atoms with van der Waals surface area (Å²) in [5.74, 6) is 0. The highest BCUT2D eigenvalue weighted by atomic mass is 28.4. The number of rotatable bonds is 9. The van der Waals surface area contributed by atoms with Crippen molar-refractivity contribution in [2.24, 2.45) is 0 Å². The average Bonchev–Trinajstić information content (AvgIpc) is 2.74. The molecule has 0 radical (unpaired) electrons. The van der Waals surface area contributed by atoms with Gasteiger partial charge in [0, 0.05) is 0 Å². The molecule has 3 aromatic rings. The third-order valence-electron chi connectivity index (χ3n) is 6.06. The first-order chi connectivity index (χ1) is 14.1. The molecule has 1 nitrogen and oxygen atoms in total. The summed E-state index contributed by atoms with van der Waals surface area (Å²) in [4.78, 5) is 12.2. The summed E-state index contributed by atoms with van der Waals surface area (Å²) in [5, 5.41) is 0. The molecule has 0 aliphatic carbocycles. The molecule has 0 atom stereocenters. The van der Waals surface area contributed by atoms with Crippen LogP contribution in [0.15, 0.2) is 72.8 Å². The van der Waals surface area contributed by atoms with E-state index in [-0.39, 0.29) is 0 Å². The summed E-state index contributed by atoms with van der Waals surface area (Å²) in [5.41, 5.74) is 8.08. The minimum Gasteiger partial charge on any atom is -0.431 e. The van der Waals surface area contributed by atoms with Gasteiger partial charge in [0.05, 0.1) is 0 Å². The fourth-order valence-corrected chi connectivity index (χ4v) is 8.01. The van der Waals surface area contributed by atoms with E-state index in [0.717, 1.165) is 37.4 Å². The highest BCUT2D eigenvalue weighted by Crippen LogP contribution is 2.25. The molecule has 0 fully saturated rings. The lowest BCUT2D eigenvalue weighted by molar-refractivity contribution is 0.522. The summed E-state index contributed by atoms with van der Waals surface area (Å²) < 4.78 is 0. The Balaban J connectivity index is 2.00. The summed E-state index contributed by atoms with van der Waals surface area (Å²) >= 11 is 0. The SMILES string of the molecule is CCc1ccccc1C[Si](O)(Cc1ccccc1CC)Cc1ccccc1CC. The van der Waals surface area contributed by atoms with Gasteiger partial charge in [-0.25, -0.2) is 0 Å². The van der Waals surface area contributed by atoms with Crippen molar-refractivity contribution in [3.05, 3.63) is 106 Å². The Hall–Kier alpha value is -2.16. The van der Waals surface area contributed by atoms with Gasteiger partial charge in [-0.2, -0.15) is 0 Å². The number of aryl methyl sites for hydroxylation is 3. The molecule has 0 aliphatic rings. The molecule has 0 bridgehead atoms. The second-order valence-corrected chi connectivity index (χ2v) is 11.6. The highest BCUT2D eigenvalue weighted by Gasteiger charge is 2.34. The molecule has 2 heteroatoms. The van der Waals surface area contributed by atoms with Gasteiger partial charge in [0.1, 0.15) is 0 Å². The van der Waals surface area contributed by atoms with Crippen LogP contribution in [-0.2, 0) is 37.4 Å². The Kier molecular flexibility index (Phi) is 7.46. The van der Waals surface area contributed by atoms with Crippen molar-refractivity contribution in [3.63, 3.8) is 0 Å². The Morgan fingerprint density at radius 1 is 0.483 bits per heavy atom. The van der Waals surface area contributed by atoms with Crippen LogP contribution in [0.25, 0.3) is 0 Å². The van der Waals surface area contributed by atoms with Crippen molar-refractivity contribution < 1.29 is 4.80 Å². The van der Waals surface area contributed by atoms with E-state index in [9.17, 15) is 4.80 Å². The third-order valence-corrected chi connectivity index (χ3v) is 9.17. The topological polar surface area (TPSA) is 20.2 Å². The lowest BCUT2D eigenvalue weighted by Crippen LogP contribution is -2.45. The number of hydrogen-bond donors (Lipinski definition) is 1. The standard InChI is InChI=1S/C27H34OSi/c1-4-22-13-7-10-16-25(22)19-29(28,20-26-17-11-8-14-23(26)5-2)21-27-18-12-9-15-24(27)6-3/h7-18,28H,4-6,19-21H2,1-3H3. The molecule has 0 spiro atoms. The van der Waals surface area contributed by atoms with E-state index in [2.05, 4.69) is 93.6 Å². The lowest BCUT2D eigenvalue weighted by atomic mass is 10.1. The van der Waals surface area contributed by atoms with Gasteiger partial charge in [-0.05, 0) is 70.8 Å². The van der Waals surface area contributed by atoms with Crippen molar-refractivity contribution in [1.82, 2.24) is 0 Å². The average molecular weight is 403 g/mol. The second-order valence-electron chi connectivity index (χ2n) is 8.12. The van der Waals surface area contributed by atoms with E-state index in [0.29, 0.717) is 0 Å². The van der Waals surface area contributed by atoms with Crippen molar-refractivity contribution in [2.45, 2.75) is 58.2 Å². The van der Waals surface area contributed by atoms with Gasteiger partial charge in [-0.3, -0.25) is 0 Å². The fourth-order valence-electron chi connectivity index (χ4n) is 4.48. The van der Waals surface area contributed by atoms with Gasteiger partial charge in [-0.1, -0.05) is 93.6 Å². The first kappa shape index (κ1) is 21.5. The van der Waals surface area contributed by atoms with Crippen molar-refractivity contribution in [2.75, 3.05) is 0 Å². The Morgan fingerprint density at radius 2 is 0.724 bits per heavy atom. The maximum Gasteiger partial charge on any atom is 0.201 e. The van der Waals surface area contributed by atoms with E-state index in [1.165, 1.54) is 33.4 Å². The predicted octanol–water partition coefficient (Wildman–Crippen LogP) is 5.96. The molecule has 152 valence electrons. The Labute approximate surface area is 177 Å². The second kappa shape index (κ2) is 10.0. The van der Waals surface area contributed by atoms with Crippen LogP contribution in [0.3, 0.4) is 0 Å². The molecular formula is C27H34OSi. The van der Waals surface area contributed by atoms with Gasteiger partial charge in [0.15, 0.2) is 0 Å². The normalized spacial score (nSPS) is 11.6. The Bertz CT molecular complexity index is 811. The number of hydrogen-bond acceptors (Lipinski definition) is 1. The van der Waals surface area contributed by atoms with Crippen LogP contribution in [0.4, 0.5) is 0 Å². The van der Waals surface area contributed by atoms with Crippen LogP contribution in [0.2, 0.25) is 0 Å². The van der Waals surface area contributed by atoms with Crippen LogP contribution >= 0.6 is 0 Å². The molecule has 0 unspecified atom stereocenters. The zero-order valence-electron chi connectivity index (χ0n) is 18.1. The zero-order chi connectivity index (χ0) is 20.7. The minimum absolute atomic E-state index is 0.813. The smallest absolute Gasteiger partial charge is 0.201 e. The van der Waals surface area contributed by atoms with E-state index in [1.807, 2.05) is 0 Å². The van der Waals surface area contributed by atoms with E-state index < -0.39 is 8.32 Å². The molecule has 1 N–H and O–H groups in total. The van der Waals surface area contributed by atoms with Crippen molar-refractivity contribution in [1.29, 1.82) is 0 Å². The molecule has 29 heavy (non-hydrogen) atoms. The van der Waals surface area contributed by atoms with Crippen LogP contribution in [0, 0.1) is 0 Å². The summed E-state index contributed by atoms with van der Waals surface area (Å²) in [7, 11) is -2.61. The van der Waals surface area contributed by atoms with Gasteiger partial charge >= 0.3 is 0 Å². The molecular weight excluding hydrogens is 368 g/mol. The largest absolute Gasteiger partial charge is 0.431 e. The highest BCUT2D eigenvalue weighted by molar-refractivity contribution is 6.71. The molecule has 3 rings (SSSR count). The van der Waals surface area contributed by atoms with Gasteiger partial charge in [-0.15, -0.1) is 0 Å². The van der Waals surface area contributed by atoms with E-state index in [4.69, 9.17) is 0 Å². The molecule has 3 aromatic carbocycles. The molecule has 0 saturated carbocycles. The summed E-state index contributed by atoms with van der Waals surface area (Å²) in [6.45, 7) is 6.62. The summed E-state index contributed by atoms with van der Waals surface area (Å²) in [6.07, 6.45) is 3.03. The first-order valence-corrected chi connectivity index (χ1v) is 13.6.